The lowest BCUT2D eigenvalue weighted by Crippen LogP contribution is -2.58. The van der Waals surface area contributed by atoms with Crippen molar-refractivity contribution in [2.45, 2.75) is 90.4 Å². The summed E-state index contributed by atoms with van der Waals surface area (Å²) in [5.74, 6) is 2.32. The Morgan fingerprint density at radius 1 is 1.00 bits per heavy atom. The Morgan fingerprint density at radius 2 is 1.72 bits per heavy atom. The van der Waals surface area contributed by atoms with Crippen LogP contribution < -0.4 is 4.74 Å². The molecule has 0 bridgehead atoms. The molecule has 0 spiro atoms. The van der Waals surface area contributed by atoms with Gasteiger partial charge in [-0.3, -0.25) is 9.80 Å². The Labute approximate surface area is 195 Å². The van der Waals surface area contributed by atoms with Gasteiger partial charge in [-0.15, -0.1) is 0 Å². The molecule has 2 atom stereocenters. The predicted octanol–water partition coefficient (Wildman–Crippen LogP) is 6.74. The largest absolute Gasteiger partial charge is 0.496 e. The zero-order chi connectivity index (χ0) is 23.0. The van der Waals surface area contributed by atoms with Crippen LogP contribution in [-0.4, -0.2) is 41.6 Å². The van der Waals surface area contributed by atoms with Crippen molar-refractivity contribution in [1.29, 1.82) is 0 Å². The number of hydrogen-bond donors (Lipinski definition) is 0. The third-order valence-corrected chi connectivity index (χ3v) is 7.41. The first-order valence-electron chi connectivity index (χ1n) is 12.5. The highest BCUT2D eigenvalue weighted by atomic mass is 16.5. The van der Waals surface area contributed by atoms with Gasteiger partial charge in [-0.2, -0.15) is 0 Å². The van der Waals surface area contributed by atoms with Crippen LogP contribution in [0.5, 0.6) is 5.75 Å². The molecule has 1 aliphatic heterocycles. The van der Waals surface area contributed by atoms with Crippen LogP contribution in [0.4, 0.5) is 0 Å². The molecule has 1 aliphatic carbocycles. The molecular weight excluding hydrogens is 392 g/mol. The van der Waals surface area contributed by atoms with E-state index < -0.39 is 0 Å². The molecule has 2 unspecified atom stereocenters. The van der Waals surface area contributed by atoms with Gasteiger partial charge in [0.2, 0.25) is 0 Å². The van der Waals surface area contributed by atoms with Gasteiger partial charge in [-0.05, 0) is 80.7 Å². The Morgan fingerprint density at radius 3 is 2.34 bits per heavy atom. The minimum atomic E-state index is 0.129. The second kappa shape index (κ2) is 9.19. The third-order valence-electron chi connectivity index (χ3n) is 7.41. The number of ether oxygens (including phenoxy) is 1. The maximum atomic E-state index is 5.77. The summed E-state index contributed by atoms with van der Waals surface area (Å²) < 4.78 is 5.77. The van der Waals surface area contributed by atoms with Crippen LogP contribution in [0, 0.1) is 0 Å². The van der Waals surface area contributed by atoms with Crippen molar-refractivity contribution in [2.24, 2.45) is 0 Å². The lowest BCUT2D eigenvalue weighted by molar-refractivity contribution is -0.0233. The predicted molar refractivity (Wildman–Crippen MR) is 135 cm³/mol. The van der Waals surface area contributed by atoms with Crippen LogP contribution in [0.15, 0.2) is 42.5 Å². The maximum Gasteiger partial charge on any atom is 0.122 e. The summed E-state index contributed by atoms with van der Waals surface area (Å²) in [7, 11) is 1.81. The van der Waals surface area contributed by atoms with E-state index in [0.717, 1.165) is 25.4 Å². The summed E-state index contributed by atoms with van der Waals surface area (Å²) in [6, 6.07) is 16.9. The number of piperazine rings is 1. The molecule has 3 nitrogen and oxygen atoms in total. The Balaban J connectivity index is 1.62. The van der Waals surface area contributed by atoms with Crippen LogP contribution in [0.1, 0.15) is 94.5 Å². The van der Waals surface area contributed by atoms with Crippen LogP contribution in [-0.2, 0) is 6.54 Å². The molecule has 2 aromatic rings. The van der Waals surface area contributed by atoms with Gasteiger partial charge in [0.25, 0.3) is 0 Å². The number of nitrogens with zero attached hydrogens (tertiary/aromatic N) is 2. The average molecular weight is 435 g/mol. The standard InChI is InChI=1S/C29H42N2O/c1-20(2)24-10-8-9-11-26(24)27-19-30(21(3)17-31(27)29(4,5)6)18-22-12-15-25(23-13-14-23)28(16-22)32-7/h8-12,15-16,20-21,23,27H,13-14,17-19H2,1-7H3. The second-order valence-electron chi connectivity index (χ2n) is 11.3. The van der Waals surface area contributed by atoms with Crippen molar-refractivity contribution in [2.75, 3.05) is 20.2 Å². The first kappa shape index (κ1) is 23.3. The highest BCUT2D eigenvalue weighted by molar-refractivity contribution is 5.42. The van der Waals surface area contributed by atoms with Gasteiger partial charge in [-0.25, -0.2) is 0 Å². The summed E-state index contributed by atoms with van der Waals surface area (Å²) in [5.41, 5.74) is 5.86. The third kappa shape index (κ3) is 4.89. The SMILES string of the molecule is COc1cc(CN2CC(c3ccccc3C(C)C)N(C(C)(C)C)CC2C)ccc1C1CC1. The minimum absolute atomic E-state index is 0.129. The van der Waals surface area contributed by atoms with Gasteiger partial charge in [0.05, 0.1) is 7.11 Å². The highest BCUT2D eigenvalue weighted by Gasteiger charge is 2.39. The van der Waals surface area contributed by atoms with Crippen LogP contribution in [0.3, 0.4) is 0 Å². The molecule has 2 fully saturated rings. The van der Waals surface area contributed by atoms with Gasteiger partial charge in [0, 0.05) is 37.3 Å². The summed E-state index contributed by atoms with van der Waals surface area (Å²) in [5, 5.41) is 0. The Kier molecular flexibility index (Phi) is 6.70. The van der Waals surface area contributed by atoms with Gasteiger partial charge in [0.1, 0.15) is 5.75 Å². The summed E-state index contributed by atoms with van der Waals surface area (Å²) in [4.78, 5) is 5.40. The van der Waals surface area contributed by atoms with Crippen molar-refractivity contribution in [3.05, 3.63) is 64.7 Å². The first-order chi connectivity index (χ1) is 15.2. The van der Waals surface area contributed by atoms with Crippen LogP contribution in [0.2, 0.25) is 0 Å². The normalized spacial score (nSPS) is 23.0. The molecule has 3 heteroatoms. The fourth-order valence-corrected chi connectivity index (χ4v) is 5.42. The van der Waals surface area contributed by atoms with E-state index in [1.54, 1.807) is 0 Å². The molecule has 2 aromatic carbocycles. The molecule has 0 radical (unpaired) electrons. The van der Waals surface area contributed by atoms with E-state index in [-0.39, 0.29) is 5.54 Å². The van der Waals surface area contributed by atoms with E-state index in [2.05, 4.69) is 93.8 Å². The van der Waals surface area contributed by atoms with Crippen LogP contribution in [0.25, 0.3) is 0 Å². The van der Waals surface area contributed by atoms with Gasteiger partial charge in [-0.1, -0.05) is 50.2 Å². The van der Waals surface area contributed by atoms with E-state index in [1.165, 1.54) is 35.1 Å². The maximum absolute atomic E-state index is 5.77. The van der Waals surface area contributed by atoms with Crippen molar-refractivity contribution >= 4 is 0 Å². The smallest absolute Gasteiger partial charge is 0.122 e. The zero-order valence-electron chi connectivity index (χ0n) is 21.2. The fraction of sp³-hybridized carbons (Fsp3) is 0.586. The summed E-state index contributed by atoms with van der Waals surface area (Å²) in [6.45, 7) is 17.2. The number of methoxy groups -OCH3 is 1. The lowest BCUT2D eigenvalue weighted by atomic mass is 9.87. The average Bonchev–Trinajstić information content (AvgIpc) is 3.59. The Bertz CT molecular complexity index is 925. The zero-order valence-corrected chi connectivity index (χ0v) is 21.2. The van der Waals surface area contributed by atoms with Gasteiger partial charge in [0.15, 0.2) is 0 Å². The molecule has 4 rings (SSSR count). The summed E-state index contributed by atoms with van der Waals surface area (Å²) in [6.07, 6.45) is 2.61. The van der Waals surface area contributed by atoms with E-state index in [1.807, 2.05) is 7.11 Å². The van der Waals surface area contributed by atoms with Crippen molar-refractivity contribution < 1.29 is 4.74 Å². The fourth-order valence-electron chi connectivity index (χ4n) is 5.42. The number of hydrogen-bond acceptors (Lipinski definition) is 3. The monoisotopic (exact) mass is 434 g/mol. The van der Waals surface area contributed by atoms with Crippen LogP contribution >= 0.6 is 0 Å². The molecule has 2 aliphatic rings. The quantitative estimate of drug-likeness (QED) is 0.500. The Hall–Kier alpha value is -1.84. The second-order valence-corrected chi connectivity index (χ2v) is 11.3. The molecule has 0 N–H and O–H groups in total. The van der Waals surface area contributed by atoms with Crippen molar-refractivity contribution in [1.82, 2.24) is 9.80 Å². The molecule has 0 aromatic heterocycles. The molecule has 1 heterocycles. The van der Waals surface area contributed by atoms with E-state index in [4.69, 9.17) is 4.74 Å². The lowest BCUT2D eigenvalue weighted by Gasteiger charge is -2.51. The molecule has 0 amide bonds. The highest BCUT2D eigenvalue weighted by Crippen LogP contribution is 2.44. The number of rotatable bonds is 6. The van der Waals surface area contributed by atoms with E-state index >= 15 is 0 Å². The molecule has 1 saturated carbocycles. The van der Waals surface area contributed by atoms with Gasteiger partial charge >= 0.3 is 0 Å². The van der Waals surface area contributed by atoms with Gasteiger partial charge < -0.3 is 4.74 Å². The summed E-state index contributed by atoms with van der Waals surface area (Å²) >= 11 is 0. The van der Waals surface area contributed by atoms with E-state index in [0.29, 0.717) is 23.9 Å². The molecule has 1 saturated heterocycles. The first-order valence-corrected chi connectivity index (χ1v) is 12.5. The molecular formula is C29H42N2O. The molecule has 32 heavy (non-hydrogen) atoms. The van der Waals surface area contributed by atoms with Crippen molar-refractivity contribution in [3.8, 4) is 5.75 Å². The van der Waals surface area contributed by atoms with E-state index in [9.17, 15) is 0 Å². The van der Waals surface area contributed by atoms with Crippen molar-refractivity contribution in [3.63, 3.8) is 0 Å². The number of benzene rings is 2. The molecule has 174 valence electrons. The topological polar surface area (TPSA) is 15.7 Å². The minimum Gasteiger partial charge on any atom is -0.496 e.